The molecule has 7 aromatic rings. The van der Waals surface area contributed by atoms with Gasteiger partial charge in [-0.2, -0.15) is 0 Å². The largest absolute Gasteiger partial charge is 0.456 e. The molecule has 0 bridgehead atoms. The van der Waals surface area contributed by atoms with Crippen LogP contribution in [0.1, 0.15) is 24.0 Å². The van der Waals surface area contributed by atoms with Crippen molar-refractivity contribution in [1.29, 1.82) is 0 Å². The highest BCUT2D eigenvalue weighted by atomic mass is 16.3. The Balaban J connectivity index is 1.23. The van der Waals surface area contributed by atoms with Gasteiger partial charge < -0.3 is 14.6 Å². The predicted octanol–water partition coefficient (Wildman–Crippen LogP) is 9.82. The summed E-state index contributed by atoms with van der Waals surface area (Å²) in [6.07, 6.45) is 15.1. The second-order valence-electron chi connectivity index (χ2n) is 13.1. The van der Waals surface area contributed by atoms with Gasteiger partial charge in [-0.25, -0.2) is 4.99 Å². The normalized spacial score (nSPS) is 16.4. The third-order valence-corrected chi connectivity index (χ3v) is 10.1. The summed E-state index contributed by atoms with van der Waals surface area (Å²) in [6, 6.07) is 45.5. The van der Waals surface area contributed by atoms with Crippen molar-refractivity contribution in [3.8, 4) is 0 Å². The number of furan rings is 1. The number of nitrogens with one attached hydrogen (secondary N) is 1. The SMILES string of the molecule is C1=CC2=C(c3ccccc3)N=C(c3ccc(N(c4ccc5ccccc5c4)c4ccc5ccccc5c4)c4c5c(oc34)=CCCC=5)NC2C=C1. The van der Waals surface area contributed by atoms with E-state index in [0.717, 1.165) is 79.7 Å². The summed E-state index contributed by atoms with van der Waals surface area (Å²) in [5, 5.41) is 10.8. The summed E-state index contributed by atoms with van der Waals surface area (Å²) < 4.78 is 6.87. The van der Waals surface area contributed by atoms with Crippen molar-refractivity contribution in [3.05, 3.63) is 179 Å². The highest BCUT2D eigenvalue weighted by molar-refractivity contribution is 6.14. The molecule has 0 saturated heterocycles. The lowest BCUT2D eigenvalue weighted by Gasteiger charge is -2.29. The number of aliphatic imine (C=N–C) groups is 1. The lowest BCUT2D eigenvalue weighted by molar-refractivity contribution is 0.571. The van der Waals surface area contributed by atoms with E-state index in [1.807, 2.05) is 6.07 Å². The van der Waals surface area contributed by atoms with Gasteiger partial charge in [0.25, 0.3) is 0 Å². The van der Waals surface area contributed by atoms with Crippen molar-refractivity contribution >= 4 is 73.3 Å². The van der Waals surface area contributed by atoms with E-state index >= 15 is 0 Å². The predicted molar refractivity (Wildman–Crippen MR) is 208 cm³/mol. The summed E-state index contributed by atoms with van der Waals surface area (Å²) >= 11 is 0. The molecule has 4 heteroatoms. The number of hydrogen-bond donors (Lipinski definition) is 1. The highest BCUT2D eigenvalue weighted by Crippen LogP contribution is 2.41. The smallest absolute Gasteiger partial charge is 0.148 e. The third-order valence-electron chi connectivity index (χ3n) is 10.1. The Labute approximate surface area is 290 Å². The number of amidine groups is 1. The summed E-state index contributed by atoms with van der Waals surface area (Å²) in [4.78, 5) is 7.72. The van der Waals surface area contributed by atoms with Gasteiger partial charge in [0.2, 0.25) is 0 Å². The number of benzene rings is 6. The summed E-state index contributed by atoms with van der Waals surface area (Å²) in [5.41, 5.74) is 9.20. The van der Waals surface area contributed by atoms with Crippen LogP contribution in [0, 0.1) is 0 Å². The van der Waals surface area contributed by atoms with E-state index in [4.69, 9.17) is 9.41 Å². The minimum absolute atomic E-state index is 0.00634. The average molecular weight is 644 g/mol. The van der Waals surface area contributed by atoms with Gasteiger partial charge in [-0.3, -0.25) is 0 Å². The molecule has 4 nitrogen and oxygen atoms in total. The van der Waals surface area contributed by atoms with E-state index in [-0.39, 0.29) is 6.04 Å². The summed E-state index contributed by atoms with van der Waals surface area (Å²) in [7, 11) is 0. The molecule has 0 radical (unpaired) electrons. The Bertz CT molecular complexity index is 2670. The Kier molecular flexibility index (Phi) is 6.66. The van der Waals surface area contributed by atoms with Crippen molar-refractivity contribution in [2.45, 2.75) is 18.9 Å². The molecule has 1 aromatic heterocycles. The fourth-order valence-electron chi connectivity index (χ4n) is 7.67. The molecule has 1 atom stereocenters. The van der Waals surface area contributed by atoms with Crippen LogP contribution in [0.5, 0.6) is 0 Å². The first-order chi connectivity index (χ1) is 24.8. The number of rotatable bonds is 5. The molecular formula is C46H33N3O. The fourth-order valence-corrected chi connectivity index (χ4v) is 7.67. The van der Waals surface area contributed by atoms with E-state index in [0.29, 0.717) is 0 Å². The first kappa shape index (κ1) is 28.6. The van der Waals surface area contributed by atoms with Gasteiger partial charge in [0.05, 0.1) is 28.4 Å². The Morgan fingerprint density at radius 3 is 2.08 bits per heavy atom. The number of fused-ring (bicyclic) bond motifs is 6. The monoisotopic (exact) mass is 643 g/mol. The van der Waals surface area contributed by atoms with E-state index in [1.165, 1.54) is 21.5 Å². The summed E-state index contributed by atoms with van der Waals surface area (Å²) in [6.45, 7) is 0. The van der Waals surface area contributed by atoms with Crippen LogP contribution in [0.15, 0.2) is 167 Å². The molecule has 0 fully saturated rings. The Hall–Kier alpha value is -6.39. The van der Waals surface area contributed by atoms with Gasteiger partial charge in [0.15, 0.2) is 0 Å². The van der Waals surface area contributed by atoms with Gasteiger partial charge in [0.1, 0.15) is 16.8 Å². The zero-order chi connectivity index (χ0) is 33.0. The van der Waals surface area contributed by atoms with Crippen LogP contribution in [0.25, 0.3) is 50.4 Å². The molecule has 1 N–H and O–H groups in total. The number of allylic oxidation sites excluding steroid dienone is 2. The van der Waals surface area contributed by atoms with Gasteiger partial charge >= 0.3 is 0 Å². The standard InChI is InChI=1S/C46H33N3O/c1-2-14-32(15-3-1)44-37-18-8-10-20-40(37)47-46(48-44)39-26-27-41(43-38-19-9-11-21-42(38)50-45(39)43)49(35-24-22-30-12-4-6-16-33(30)28-35)36-25-23-31-13-5-7-17-34(31)29-36/h1-8,10,12-29,40H,9,11H2,(H,47,48). The van der Waals surface area contributed by atoms with E-state index in [9.17, 15) is 0 Å². The van der Waals surface area contributed by atoms with E-state index in [1.54, 1.807) is 0 Å². The van der Waals surface area contributed by atoms with Crippen molar-refractivity contribution in [2.24, 2.45) is 4.99 Å². The van der Waals surface area contributed by atoms with Crippen molar-refractivity contribution < 1.29 is 4.42 Å². The molecule has 1 unspecified atom stereocenters. The molecule has 2 heterocycles. The number of nitrogens with zero attached hydrogens (tertiary/aromatic N) is 2. The van der Waals surface area contributed by atoms with Gasteiger partial charge in [0, 0.05) is 27.7 Å². The maximum absolute atomic E-state index is 6.87. The van der Waals surface area contributed by atoms with Crippen molar-refractivity contribution in [3.63, 3.8) is 0 Å². The molecule has 0 amide bonds. The maximum atomic E-state index is 6.87. The molecule has 2 aliphatic carbocycles. The quantitative estimate of drug-likeness (QED) is 0.203. The highest BCUT2D eigenvalue weighted by Gasteiger charge is 2.28. The lowest BCUT2D eigenvalue weighted by atomic mass is 9.94. The fraction of sp³-hybridized carbons (Fsp3) is 0.0652. The van der Waals surface area contributed by atoms with Crippen LogP contribution in [0.2, 0.25) is 0 Å². The molecule has 10 rings (SSSR count). The average Bonchev–Trinajstić information content (AvgIpc) is 3.58. The van der Waals surface area contributed by atoms with Crippen molar-refractivity contribution in [1.82, 2.24) is 5.32 Å². The van der Waals surface area contributed by atoms with Crippen molar-refractivity contribution in [2.75, 3.05) is 4.90 Å². The zero-order valence-corrected chi connectivity index (χ0v) is 27.4. The first-order valence-electron chi connectivity index (χ1n) is 17.3. The van der Waals surface area contributed by atoms with Gasteiger partial charge in [-0.15, -0.1) is 0 Å². The third kappa shape index (κ3) is 4.72. The molecule has 0 spiro atoms. The van der Waals surface area contributed by atoms with Gasteiger partial charge in [-0.1, -0.05) is 121 Å². The van der Waals surface area contributed by atoms with Crippen LogP contribution in [-0.4, -0.2) is 11.9 Å². The van der Waals surface area contributed by atoms with Crippen LogP contribution in [0.4, 0.5) is 17.1 Å². The molecule has 6 aromatic carbocycles. The molecular weight excluding hydrogens is 611 g/mol. The second-order valence-corrected chi connectivity index (χ2v) is 13.1. The van der Waals surface area contributed by atoms with Crippen LogP contribution in [-0.2, 0) is 0 Å². The number of hydrogen-bond acceptors (Lipinski definition) is 4. The Morgan fingerprint density at radius 1 is 0.660 bits per heavy atom. The Morgan fingerprint density at radius 2 is 1.34 bits per heavy atom. The van der Waals surface area contributed by atoms with Gasteiger partial charge in [-0.05, 0) is 76.9 Å². The van der Waals surface area contributed by atoms with Crippen LogP contribution in [0.3, 0.4) is 0 Å². The van der Waals surface area contributed by atoms with Crippen LogP contribution >= 0.6 is 0 Å². The number of anilines is 3. The molecule has 238 valence electrons. The summed E-state index contributed by atoms with van der Waals surface area (Å²) in [5.74, 6) is 0.808. The van der Waals surface area contributed by atoms with Crippen LogP contribution < -0.4 is 20.9 Å². The molecule has 0 saturated carbocycles. The molecule has 50 heavy (non-hydrogen) atoms. The minimum Gasteiger partial charge on any atom is -0.456 e. The second kappa shape index (κ2) is 11.6. The topological polar surface area (TPSA) is 40.8 Å². The maximum Gasteiger partial charge on any atom is 0.148 e. The zero-order valence-electron chi connectivity index (χ0n) is 27.4. The van der Waals surface area contributed by atoms with E-state index in [2.05, 4.69) is 168 Å². The minimum atomic E-state index is 0.00634. The molecule has 3 aliphatic rings. The lowest BCUT2D eigenvalue weighted by Crippen LogP contribution is -2.39. The molecule has 1 aliphatic heterocycles. The van der Waals surface area contributed by atoms with E-state index < -0.39 is 0 Å². The first-order valence-corrected chi connectivity index (χ1v) is 17.3.